The van der Waals surface area contributed by atoms with Gasteiger partial charge in [-0.1, -0.05) is 30.3 Å². The van der Waals surface area contributed by atoms with Crippen molar-refractivity contribution in [3.8, 4) is 11.5 Å². The van der Waals surface area contributed by atoms with Gasteiger partial charge in [0.15, 0.2) is 0 Å². The van der Waals surface area contributed by atoms with Crippen LogP contribution in [-0.2, 0) is 4.79 Å². The number of carbonyl (C=O) groups is 1. The lowest BCUT2D eigenvalue weighted by atomic mass is 10.1. The van der Waals surface area contributed by atoms with Gasteiger partial charge in [-0.25, -0.2) is 0 Å². The predicted molar refractivity (Wildman–Crippen MR) is 80.2 cm³/mol. The summed E-state index contributed by atoms with van der Waals surface area (Å²) in [5.41, 5.74) is 0.721. The molecular formula is C16H16ClNO2. The van der Waals surface area contributed by atoms with Crippen molar-refractivity contribution < 1.29 is 9.53 Å². The van der Waals surface area contributed by atoms with Crippen LogP contribution in [0.5, 0.6) is 11.5 Å². The second-order valence-corrected chi connectivity index (χ2v) is 5.02. The van der Waals surface area contributed by atoms with E-state index in [0.717, 1.165) is 11.3 Å². The highest BCUT2D eigenvalue weighted by molar-refractivity contribution is 6.30. The van der Waals surface area contributed by atoms with Gasteiger partial charge in [0.25, 0.3) is 0 Å². The number of alkyl halides is 1. The van der Waals surface area contributed by atoms with Crippen LogP contribution in [0.3, 0.4) is 0 Å². The topological polar surface area (TPSA) is 29.5 Å². The van der Waals surface area contributed by atoms with Crippen LogP contribution < -0.4 is 4.74 Å². The fraction of sp³-hybridized carbons (Fsp3) is 0.188. The zero-order chi connectivity index (χ0) is 14.5. The number of halogens is 1. The molecule has 0 fully saturated rings. The Morgan fingerprint density at radius 1 is 1.05 bits per heavy atom. The normalized spacial score (nSPS) is 11.8. The SMILES string of the molecule is CN(C)C(=O)C(Cl)c1cccc(Oc2ccccc2)c1. The van der Waals surface area contributed by atoms with E-state index in [0.29, 0.717) is 5.75 Å². The molecule has 0 saturated carbocycles. The van der Waals surface area contributed by atoms with Gasteiger partial charge >= 0.3 is 0 Å². The fourth-order valence-electron chi connectivity index (χ4n) is 1.73. The average Bonchev–Trinajstić information content (AvgIpc) is 2.47. The summed E-state index contributed by atoms with van der Waals surface area (Å²) < 4.78 is 5.73. The second kappa shape index (κ2) is 6.44. The summed E-state index contributed by atoms with van der Waals surface area (Å²) in [7, 11) is 3.37. The largest absolute Gasteiger partial charge is 0.457 e. The van der Waals surface area contributed by atoms with E-state index in [1.807, 2.05) is 48.5 Å². The number of nitrogens with zero attached hydrogens (tertiary/aromatic N) is 1. The summed E-state index contributed by atoms with van der Waals surface area (Å²) in [6.45, 7) is 0. The minimum absolute atomic E-state index is 0.150. The molecule has 1 atom stereocenters. The summed E-state index contributed by atoms with van der Waals surface area (Å²) in [5, 5.41) is -0.704. The lowest BCUT2D eigenvalue weighted by Crippen LogP contribution is -2.25. The van der Waals surface area contributed by atoms with E-state index >= 15 is 0 Å². The first-order valence-corrected chi connectivity index (χ1v) is 6.69. The average molecular weight is 290 g/mol. The fourth-order valence-corrected chi connectivity index (χ4v) is 2.06. The predicted octanol–water partition coefficient (Wildman–Crippen LogP) is 3.85. The summed E-state index contributed by atoms with van der Waals surface area (Å²) in [6.07, 6.45) is 0. The van der Waals surface area contributed by atoms with Crippen molar-refractivity contribution in [2.24, 2.45) is 0 Å². The number of amides is 1. The third kappa shape index (κ3) is 3.52. The van der Waals surface area contributed by atoms with E-state index in [9.17, 15) is 4.79 Å². The molecule has 20 heavy (non-hydrogen) atoms. The Hall–Kier alpha value is -2.00. The third-order valence-electron chi connectivity index (χ3n) is 2.79. The Morgan fingerprint density at radius 2 is 1.70 bits per heavy atom. The molecule has 0 aromatic heterocycles. The lowest BCUT2D eigenvalue weighted by molar-refractivity contribution is -0.128. The molecule has 0 aliphatic heterocycles. The van der Waals surface area contributed by atoms with E-state index in [4.69, 9.17) is 16.3 Å². The third-order valence-corrected chi connectivity index (χ3v) is 3.23. The first-order valence-electron chi connectivity index (χ1n) is 6.26. The summed E-state index contributed by atoms with van der Waals surface area (Å²) in [4.78, 5) is 13.3. The Bertz CT molecular complexity index is 584. The minimum Gasteiger partial charge on any atom is -0.457 e. The molecule has 104 valence electrons. The maximum atomic E-state index is 11.9. The molecule has 1 unspecified atom stereocenters. The van der Waals surface area contributed by atoms with E-state index in [1.54, 1.807) is 20.2 Å². The highest BCUT2D eigenvalue weighted by Gasteiger charge is 2.19. The monoisotopic (exact) mass is 289 g/mol. The van der Waals surface area contributed by atoms with Crippen LogP contribution in [0.25, 0.3) is 0 Å². The first-order chi connectivity index (χ1) is 9.58. The number of rotatable bonds is 4. The lowest BCUT2D eigenvalue weighted by Gasteiger charge is -2.16. The number of ether oxygens (including phenoxy) is 1. The van der Waals surface area contributed by atoms with E-state index < -0.39 is 5.38 Å². The van der Waals surface area contributed by atoms with Crippen molar-refractivity contribution in [2.75, 3.05) is 14.1 Å². The van der Waals surface area contributed by atoms with Crippen LogP contribution >= 0.6 is 11.6 Å². The molecule has 2 rings (SSSR count). The Labute approximate surface area is 123 Å². The molecule has 4 heteroatoms. The van der Waals surface area contributed by atoms with Gasteiger partial charge in [0.1, 0.15) is 16.9 Å². The van der Waals surface area contributed by atoms with Crippen LogP contribution in [0.1, 0.15) is 10.9 Å². The van der Waals surface area contributed by atoms with Crippen molar-refractivity contribution >= 4 is 17.5 Å². The maximum absolute atomic E-state index is 11.9. The van der Waals surface area contributed by atoms with Crippen LogP contribution in [0.2, 0.25) is 0 Å². The van der Waals surface area contributed by atoms with Gasteiger partial charge in [0, 0.05) is 14.1 Å². The van der Waals surface area contributed by atoms with Crippen LogP contribution in [0.15, 0.2) is 54.6 Å². The van der Waals surface area contributed by atoms with Crippen molar-refractivity contribution in [2.45, 2.75) is 5.38 Å². The minimum atomic E-state index is -0.704. The van der Waals surface area contributed by atoms with Crippen LogP contribution in [-0.4, -0.2) is 24.9 Å². The highest BCUT2D eigenvalue weighted by atomic mass is 35.5. The van der Waals surface area contributed by atoms with Gasteiger partial charge in [0.05, 0.1) is 0 Å². The Balaban J connectivity index is 2.18. The molecule has 0 spiro atoms. The van der Waals surface area contributed by atoms with Gasteiger partial charge in [-0.2, -0.15) is 0 Å². The Kier molecular flexibility index (Phi) is 4.64. The molecular weight excluding hydrogens is 274 g/mol. The Morgan fingerprint density at radius 3 is 2.35 bits per heavy atom. The smallest absolute Gasteiger partial charge is 0.244 e. The van der Waals surface area contributed by atoms with Gasteiger partial charge in [-0.3, -0.25) is 4.79 Å². The van der Waals surface area contributed by atoms with Crippen LogP contribution in [0.4, 0.5) is 0 Å². The molecule has 0 saturated heterocycles. The molecule has 0 aliphatic carbocycles. The zero-order valence-corrected chi connectivity index (χ0v) is 12.2. The molecule has 3 nitrogen and oxygen atoms in total. The number of para-hydroxylation sites is 1. The van der Waals surface area contributed by atoms with Gasteiger partial charge < -0.3 is 9.64 Å². The summed E-state index contributed by atoms with van der Waals surface area (Å²) in [5.74, 6) is 1.25. The maximum Gasteiger partial charge on any atom is 0.244 e. The standard InChI is InChI=1S/C16H16ClNO2/c1-18(2)16(19)15(17)12-7-6-10-14(11-12)20-13-8-4-3-5-9-13/h3-11,15H,1-2H3. The molecule has 2 aromatic rings. The molecule has 0 bridgehead atoms. The van der Waals surface area contributed by atoms with Crippen molar-refractivity contribution in [1.82, 2.24) is 4.90 Å². The molecule has 0 aliphatic rings. The van der Waals surface area contributed by atoms with Crippen LogP contribution in [0, 0.1) is 0 Å². The molecule has 0 heterocycles. The highest BCUT2D eigenvalue weighted by Crippen LogP contribution is 2.28. The zero-order valence-electron chi connectivity index (χ0n) is 11.4. The number of carbonyl (C=O) groups excluding carboxylic acids is 1. The van der Waals surface area contributed by atoms with Gasteiger partial charge in [0.2, 0.25) is 5.91 Å². The molecule has 0 N–H and O–H groups in total. The molecule has 0 radical (unpaired) electrons. The second-order valence-electron chi connectivity index (χ2n) is 4.58. The van der Waals surface area contributed by atoms with Crippen molar-refractivity contribution in [3.63, 3.8) is 0 Å². The summed E-state index contributed by atoms with van der Waals surface area (Å²) >= 11 is 6.18. The quantitative estimate of drug-likeness (QED) is 0.800. The number of hydrogen-bond acceptors (Lipinski definition) is 2. The van der Waals surface area contributed by atoms with Gasteiger partial charge in [-0.05, 0) is 29.8 Å². The van der Waals surface area contributed by atoms with E-state index in [-0.39, 0.29) is 5.91 Å². The van der Waals surface area contributed by atoms with Crippen molar-refractivity contribution in [3.05, 3.63) is 60.2 Å². The molecule has 2 aromatic carbocycles. The number of hydrogen-bond donors (Lipinski definition) is 0. The molecule has 1 amide bonds. The summed E-state index contributed by atoms with van der Waals surface area (Å²) in [6, 6.07) is 16.7. The number of likely N-dealkylation sites (N-methyl/N-ethyl adjacent to an activating group) is 1. The van der Waals surface area contributed by atoms with E-state index in [2.05, 4.69) is 0 Å². The van der Waals surface area contributed by atoms with E-state index in [1.165, 1.54) is 4.90 Å². The van der Waals surface area contributed by atoms with Crippen molar-refractivity contribution in [1.29, 1.82) is 0 Å². The number of benzene rings is 2. The van der Waals surface area contributed by atoms with Gasteiger partial charge in [-0.15, -0.1) is 11.6 Å². The first kappa shape index (κ1) is 14.4.